The number of benzene rings is 2. The fourth-order valence-corrected chi connectivity index (χ4v) is 8.33. The van der Waals surface area contributed by atoms with Crippen LogP contribution in [0.15, 0.2) is 24.3 Å². The highest BCUT2D eigenvalue weighted by molar-refractivity contribution is 6.04. The van der Waals surface area contributed by atoms with Gasteiger partial charge in [-0.2, -0.15) is 9.97 Å². The fourth-order valence-electron chi connectivity index (χ4n) is 8.33. The Bertz CT molecular complexity index is 1970. The lowest BCUT2D eigenvalue weighted by molar-refractivity contribution is 0.163. The van der Waals surface area contributed by atoms with Crippen LogP contribution in [0.25, 0.3) is 32.9 Å². The highest BCUT2D eigenvalue weighted by Crippen LogP contribution is 2.51. The van der Waals surface area contributed by atoms with E-state index in [9.17, 15) is 4.39 Å². The second-order valence-corrected chi connectivity index (χ2v) is 14.4. The molecule has 0 radical (unpaired) electrons. The van der Waals surface area contributed by atoms with Gasteiger partial charge in [-0.1, -0.05) is 12.0 Å². The molecule has 242 valence electrons. The van der Waals surface area contributed by atoms with Gasteiger partial charge in [0, 0.05) is 66.9 Å². The van der Waals surface area contributed by atoms with Crippen LogP contribution in [-0.4, -0.2) is 78.4 Å². The third kappa shape index (κ3) is 4.92. The maximum Gasteiger partial charge on any atom is 0.319 e. The van der Waals surface area contributed by atoms with Crippen LogP contribution in [0.4, 0.5) is 20.3 Å². The number of fused-ring (bicyclic) bond motifs is 5. The van der Waals surface area contributed by atoms with Crippen LogP contribution in [0.3, 0.4) is 0 Å². The summed E-state index contributed by atoms with van der Waals surface area (Å²) in [6.45, 7) is 5.26. The number of anilines is 2. The molecule has 3 saturated heterocycles. The van der Waals surface area contributed by atoms with Crippen LogP contribution in [0.1, 0.15) is 37.7 Å². The summed E-state index contributed by atoms with van der Waals surface area (Å²) in [6, 6.07) is 6.84. The standard InChI is InChI=1S/C36H37F2N7O2/c1-3-25-27(37)7-4-19-11-22(39)12-26(28(19)25)31-30(38)32-29(34(41-31)46-2)33(45-15-23-5-6-24(16-45)40-23)43-35(42-32)47-18-36(8-9-36)17-44-13-20-10-21(20)14-44/h1,4,7,11-12,20-21,23-24,40H,5-6,8-10,13-18,39H2,2H3. The summed E-state index contributed by atoms with van der Waals surface area (Å²) in [7, 11) is 1.49. The Balaban J connectivity index is 1.18. The Labute approximate surface area is 271 Å². The van der Waals surface area contributed by atoms with E-state index in [4.69, 9.17) is 31.6 Å². The largest absolute Gasteiger partial charge is 0.480 e. The van der Waals surface area contributed by atoms with E-state index < -0.39 is 11.6 Å². The molecule has 3 N–H and O–H groups in total. The Kier molecular flexibility index (Phi) is 6.53. The van der Waals surface area contributed by atoms with Crippen LogP contribution in [0.2, 0.25) is 0 Å². The average Bonchev–Trinajstić information content (AvgIpc) is 3.94. The normalized spacial score (nSPS) is 25.6. The summed E-state index contributed by atoms with van der Waals surface area (Å²) in [4.78, 5) is 19.0. The van der Waals surface area contributed by atoms with E-state index in [0.717, 1.165) is 44.1 Å². The molecule has 4 unspecified atom stereocenters. The molecule has 11 heteroatoms. The smallest absolute Gasteiger partial charge is 0.319 e. The molecule has 0 amide bonds. The van der Waals surface area contributed by atoms with Crippen molar-refractivity contribution in [2.24, 2.45) is 17.3 Å². The summed E-state index contributed by atoms with van der Waals surface area (Å²) in [5.74, 6) is 3.58. The number of nitrogens with two attached hydrogens (primary N) is 1. The van der Waals surface area contributed by atoms with E-state index in [1.54, 1.807) is 18.2 Å². The number of terminal acetylenes is 1. The topological polar surface area (TPSA) is 102 Å². The zero-order chi connectivity index (χ0) is 32.0. The van der Waals surface area contributed by atoms with Gasteiger partial charge >= 0.3 is 6.01 Å². The molecule has 9 rings (SSSR count). The van der Waals surface area contributed by atoms with Gasteiger partial charge in [-0.15, -0.1) is 6.42 Å². The summed E-state index contributed by atoms with van der Waals surface area (Å²) < 4.78 is 44.3. The number of ether oxygens (including phenoxy) is 2. The van der Waals surface area contributed by atoms with Crippen LogP contribution in [0, 0.1) is 41.2 Å². The summed E-state index contributed by atoms with van der Waals surface area (Å²) in [5, 5.41) is 4.94. The monoisotopic (exact) mass is 637 g/mol. The number of hydrogen-bond acceptors (Lipinski definition) is 9. The number of piperazine rings is 1. The fraction of sp³-hybridized carbons (Fsp3) is 0.472. The zero-order valence-electron chi connectivity index (χ0n) is 26.4. The maximum atomic E-state index is 17.1. The molecule has 4 atom stereocenters. The van der Waals surface area contributed by atoms with E-state index in [1.807, 2.05) is 0 Å². The van der Waals surface area contributed by atoms with Gasteiger partial charge in [0.15, 0.2) is 5.82 Å². The highest BCUT2D eigenvalue weighted by Gasteiger charge is 2.51. The first-order chi connectivity index (χ1) is 22.8. The lowest BCUT2D eigenvalue weighted by Crippen LogP contribution is -2.51. The van der Waals surface area contributed by atoms with Crippen LogP contribution >= 0.6 is 0 Å². The zero-order valence-corrected chi connectivity index (χ0v) is 26.4. The van der Waals surface area contributed by atoms with Gasteiger partial charge in [0.1, 0.15) is 28.2 Å². The Morgan fingerprint density at radius 2 is 1.81 bits per heavy atom. The van der Waals surface area contributed by atoms with E-state index in [2.05, 4.69) is 26.0 Å². The number of methoxy groups -OCH3 is 1. The Hall–Kier alpha value is -4.27. The third-order valence-electron chi connectivity index (χ3n) is 11.0. The number of piperidine rings is 1. The molecule has 2 bridgehead atoms. The molecule has 2 aliphatic carbocycles. The molecular formula is C36H37F2N7O2. The molecule has 0 spiro atoms. The van der Waals surface area contributed by atoms with E-state index in [-0.39, 0.29) is 39.6 Å². The quantitative estimate of drug-likeness (QED) is 0.210. The van der Waals surface area contributed by atoms with Gasteiger partial charge in [-0.25, -0.2) is 13.8 Å². The minimum atomic E-state index is -0.705. The van der Waals surface area contributed by atoms with Crippen molar-refractivity contribution >= 4 is 33.2 Å². The van der Waals surface area contributed by atoms with Gasteiger partial charge in [0.2, 0.25) is 5.88 Å². The van der Waals surface area contributed by atoms with Crippen LogP contribution in [0.5, 0.6) is 11.9 Å². The number of rotatable bonds is 8. The van der Waals surface area contributed by atoms with Crippen molar-refractivity contribution in [1.82, 2.24) is 25.2 Å². The van der Waals surface area contributed by atoms with Crippen molar-refractivity contribution in [1.29, 1.82) is 0 Å². The summed E-state index contributed by atoms with van der Waals surface area (Å²) >= 11 is 0. The molecule has 3 aliphatic heterocycles. The van der Waals surface area contributed by atoms with Crippen LogP contribution < -0.4 is 25.4 Å². The van der Waals surface area contributed by atoms with Crippen molar-refractivity contribution in [3.05, 3.63) is 41.5 Å². The number of nitrogen functional groups attached to an aromatic ring is 1. The summed E-state index contributed by atoms with van der Waals surface area (Å²) in [5.41, 5.74) is 6.90. The predicted molar refractivity (Wildman–Crippen MR) is 176 cm³/mol. The van der Waals surface area contributed by atoms with Gasteiger partial charge in [-0.3, -0.25) is 0 Å². The van der Waals surface area contributed by atoms with E-state index in [0.29, 0.717) is 59.4 Å². The number of halogens is 2. The second kappa shape index (κ2) is 10.6. The van der Waals surface area contributed by atoms with Gasteiger partial charge < -0.3 is 30.3 Å². The minimum absolute atomic E-state index is 0.00601. The first-order valence-electron chi connectivity index (χ1n) is 16.6. The third-order valence-corrected chi connectivity index (χ3v) is 11.0. The second-order valence-electron chi connectivity index (χ2n) is 14.4. The van der Waals surface area contributed by atoms with Crippen molar-refractivity contribution < 1.29 is 18.3 Å². The number of likely N-dealkylation sites (tertiary alicyclic amines) is 1. The SMILES string of the molecule is C#Cc1c(F)ccc2cc(N)cc(-c3nc(OC)c4c(N5CC6CCC(C5)N6)nc(OCC5(CN6CC7CC7C6)CC5)nc4c3F)c12. The lowest BCUT2D eigenvalue weighted by atomic mass is 9.95. The molecule has 2 aromatic carbocycles. The molecule has 47 heavy (non-hydrogen) atoms. The molecular weight excluding hydrogens is 600 g/mol. The summed E-state index contributed by atoms with van der Waals surface area (Å²) in [6.07, 6.45) is 11.4. The molecule has 5 heterocycles. The lowest BCUT2D eigenvalue weighted by Gasteiger charge is -2.34. The van der Waals surface area contributed by atoms with Gasteiger partial charge in [0.05, 0.1) is 19.3 Å². The van der Waals surface area contributed by atoms with Crippen molar-refractivity contribution in [2.75, 3.05) is 57.1 Å². The van der Waals surface area contributed by atoms with E-state index in [1.165, 1.54) is 32.7 Å². The first-order valence-corrected chi connectivity index (χ1v) is 16.6. The Morgan fingerprint density at radius 3 is 2.51 bits per heavy atom. The van der Waals surface area contributed by atoms with Crippen molar-refractivity contribution in [3.63, 3.8) is 0 Å². The minimum Gasteiger partial charge on any atom is -0.480 e. The molecule has 5 fully saturated rings. The number of nitrogens with one attached hydrogen (secondary N) is 1. The number of hydrogen-bond donors (Lipinski definition) is 2. The maximum absolute atomic E-state index is 17.1. The van der Waals surface area contributed by atoms with Gasteiger partial charge in [0.25, 0.3) is 0 Å². The van der Waals surface area contributed by atoms with Gasteiger partial charge in [-0.05, 0) is 67.5 Å². The van der Waals surface area contributed by atoms with E-state index >= 15 is 4.39 Å². The number of aromatic nitrogens is 3. The molecule has 4 aromatic rings. The highest BCUT2D eigenvalue weighted by atomic mass is 19.1. The molecule has 5 aliphatic rings. The Morgan fingerprint density at radius 1 is 1.04 bits per heavy atom. The average molecular weight is 638 g/mol. The number of nitrogens with zero attached hydrogens (tertiary/aromatic N) is 5. The predicted octanol–water partition coefficient (Wildman–Crippen LogP) is 4.75. The van der Waals surface area contributed by atoms with Crippen LogP contribution in [-0.2, 0) is 0 Å². The molecule has 2 saturated carbocycles. The first kappa shape index (κ1) is 28.9. The molecule has 2 aromatic heterocycles. The number of pyridine rings is 1. The molecule has 9 nitrogen and oxygen atoms in total. The van der Waals surface area contributed by atoms with Crippen molar-refractivity contribution in [3.8, 4) is 35.5 Å². The van der Waals surface area contributed by atoms with Crippen molar-refractivity contribution in [2.45, 2.75) is 44.2 Å².